The summed E-state index contributed by atoms with van der Waals surface area (Å²) in [5.74, 6) is 0.707. The van der Waals surface area contributed by atoms with Crippen LogP contribution in [-0.2, 0) is 11.2 Å². The average molecular weight is 343 g/mol. The molecule has 2 aliphatic rings. The molecule has 1 saturated heterocycles. The summed E-state index contributed by atoms with van der Waals surface area (Å²) in [5.41, 5.74) is 1.33. The van der Waals surface area contributed by atoms with Crippen LogP contribution in [0.1, 0.15) is 61.4 Å². The van der Waals surface area contributed by atoms with Gasteiger partial charge in [-0.3, -0.25) is 4.79 Å². The Morgan fingerprint density at radius 3 is 2.44 bits per heavy atom. The molecule has 4 heteroatoms. The van der Waals surface area contributed by atoms with Gasteiger partial charge >= 0.3 is 5.97 Å². The molecular formula is C21H29NO3. The molecule has 0 bridgehead atoms. The summed E-state index contributed by atoms with van der Waals surface area (Å²) < 4.78 is 0. The topological polar surface area (TPSA) is 57.6 Å². The number of carbonyl (C=O) groups excluding carboxylic acids is 1. The Kier molecular flexibility index (Phi) is 5.77. The maximum Gasteiger partial charge on any atom is 0.335 e. The SMILES string of the molecule is CC1CCCCC1C(=O)N1CCC(Cc2ccccc2C(=O)O)CC1. The number of hydrogen-bond acceptors (Lipinski definition) is 2. The minimum absolute atomic E-state index is 0.220. The first-order chi connectivity index (χ1) is 12.1. The molecule has 0 radical (unpaired) electrons. The highest BCUT2D eigenvalue weighted by molar-refractivity contribution is 5.89. The second kappa shape index (κ2) is 8.03. The van der Waals surface area contributed by atoms with Gasteiger partial charge in [0, 0.05) is 19.0 Å². The van der Waals surface area contributed by atoms with Crippen LogP contribution in [0.3, 0.4) is 0 Å². The second-order valence-electron chi connectivity index (χ2n) is 7.80. The van der Waals surface area contributed by atoms with E-state index in [-0.39, 0.29) is 5.92 Å². The number of rotatable bonds is 4. The number of hydrogen-bond donors (Lipinski definition) is 1. The molecule has 0 spiro atoms. The zero-order valence-electron chi connectivity index (χ0n) is 15.1. The first-order valence-corrected chi connectivity index (χ1v) is 9.66. The van der Waals surface area contributed by atoms with Gasteiger partial charge in [0.1, 0.15) is 0 Å². The van der Waals surface area contributed by atoms with Crippen molar-refractivity contribution in [3.63, 3.8) is 0 Å². The van der Waals surface area contributed by atoms with E-state index in [1.54, 1.807) is 12.1 Å². The molecule has 2 unspecified atom stereocenters. The van der Waals surface area contributed by atoms with Gasteiger partial charge in [-0.1, -0.05) is 38.0 Å². The van der Waals surface area contributed by atoms with Crippen LogP contribution in [0.4, 0.5) is 0 Å². The fourth-order valence-electron chi connectivity index (χ4n) is 4.49. The van der Waals surface area contributed by atoms with Crippen LogP contribution in [0, 0.1) is 17.8 Å². The molecule has 1 aliphatic heterocycles. The Hall–Kier alpha value is -1.84. The standard InChI is InChI=1S/C21H29NO3/c1-15-6-2-4-8-18(15)20(23)22-12-10-16(11-13-22)14-17-7-3-5-9-19(17)21(24)25/h3,5,7,9,15-16,18H,2,4,6,8,10-14H2,1H3,(H,24,25). The molecule has 136 valence electrons. The van der Waals surface area contributed by atoms with Gasteiger partial charge in [-0.15, -0.1) is 0 Å². The highest BCUT2D eigenvalue weighted by Crippen LogP contribution is 2.32. The molecule has 3 rings (SSSR count). The highest BCUT2D eigenvalue weighted by atomic mass is 16.4. The van der Waals surface area contributed by atoms with Crippen molar-refractivity contribution in [2.45, 2.75) is 51.9 Å². The van der Waals surface area contributed by atoms with Crippen molar-refractivity contribution in [3.8, 4) is 0 Å². The Labute approximate surface area is 150 Å². The van der Waals surface area contributed by atoms with E-state index in [1.807, 2.05) is 12.1 Å². The van der Waals surface area contributed by atoms with Gasteiger partial charge in [-0.2, -0.15) is 0 Å². The molecule has 25 heavy (non-hydrogen) atoms. The summed E-state index contributed by atoms with van der Waals surface area (Å²) in [5, 5.41) is 9.33. The lowest BCUT2D eigenvalue weighted by Gasteiger charge is -2.37. The fraction of sp³-hybridized carbons (Fsp3) is 0.619. The number of piperidine rings is 1. The van der Waals surface area contributed by atoms with Crippen molar-refractivity contribution >= 4 is 11.9 Å². The van der Waals surface area contributed by atoms with Crippen LogP contribution in [0.5, 0.6) is 0 Å². The molecular weight excluding hydrogens is 314 g/mol. The minimum Gasteiger partial charge on any atom is -0.478 e. The third-order valence-corrected chi connectivity index (χ3v) is 6.11. The van der Waals surface area contributed by atoms with Gasteiger partial charge < -0.3 is 10.0 Å². The number of likely N-dealkylation sites (tertiary alicyclic amines) is 1. The first kappa shape index (κ1) is 18.0. The van der Waals surface area contributed by atoms with Crippen LogP contribution < -0.4 is 0 Å². The van der Waals surface area contributed by atoms with Crippen LogP contribution in [0.2, 0.25) is 0 Å². The molecule has 1 saturated carbocycles. The quantitative estimate of drug-likeness (QED) is 0.899. The molecule has 2 atom stereocenters. The average Bonchev–Trinajstić information content (AvgIpc) is 2.62. The van der Waals surface area contributed by atoms with Gasteiger partial charge in [-0.05, 0) is 55.6 Å². The van der Waals surface area contributed by atoms with E-state index < -0.39 is 5.97 Å². The van der Waals surface area contributed by atoms with Crippen molar-refractivity contribution in [2.75, 3.05) is 13.1 Å². The van der Waals surface area contributed by atoms with E-state index >= 15 is 0 Å². The largest absolute Gasteiger partial charge is 0.478 e. The molecule has 1 aromatic rings. The Morgan fingerprint density at radius 1 is 1.08 bits per heavy atom. The van der Waals surface area contributed by atoms with Crippen molar-refractivity contribution in [2.24, 2.45) is 17.8 Å². The monoisotopic (exact) mass is 343 g/mol. The smallest absolute Gasteiger partial charge is 0.335 e. The molecule has 1 heterocycles. The molecule has 2 fully saturated rings. The molecule has 1 N–H and O–H groups in total. The number of amides is 1. The van der Waals surface area contributed by atoms with E-state index in [2.05, 4.69) is 11.8 Å². The number of carboxylic acid groups (broad SMARTS) is 1. The van der Waals surface area contributed by atoms with Crippen LogP contribution in [0.25, 0.3) is 0 Å². The second-order valence-corrected chi connectivity index (χ2v) is 7.80. The van der Waals surface area contributed by atoms with Gasteiger partial charge in [0.25, 0.3) is 0 Å². The number of carboxylic acids is 1. The lowest BCUT2D eigenvalue weighted by molar-refractivity contribution is -0.139. The number of nitrogens with zero attached hydrogens (tertiary/aromatic N) is 1. The third-order valence-electron chi connectivity index (χ3n) is 6.11. The fourth-order valence-corrected chi connectivity index (χ4v) is 4.49. The lowest BCUT2D eigenvalue weighted by Crippen LogP contribution is -2.44. The normalized spacial score (nSPS) is 24.9. The van der Waals surface area contributed by atoms with Crippen LogP contribution >= 0.6 is 0 Å². The Morgan fingerprint density at radius 2 is 1.76 bits per heavy atom. The summed E-state index contributed by atoms with van der Waals surface area (Å²) >= 11 is 0. The van der Waals surface area contributed by atoms with Crippen molar-refractivity contribution in [1.29, 1.82) is 0 Å². The third kappa shape index (κ3) is 4.23. The van der Waals surface area contributed by atoms with Gasteiger partial charge in [0.2, 0.25) is 5.91 Å². The van der Waals surface area contributed by atoms with Gasteiger partial charge in [0.05, 0.1) is 5.56 Å². The predicted molar refractivity (Wildman–Crippen MR) is 97.5 cm³/mol. The van der Waals surface area contributed by atoms with Crippen LogP contribution in [0.15, 0.2) is 24.3 Å². The first-order valence-electron chi connectivity index (χ1n) is 9.66. The zero-order chi connectivity index (χ0) is 17.8. The number of aromatic carboxylic acids is 1. The van der Waals surface area contributed by atoms with Crippen molar-refractivity contribution in [1.82, 2.24) is 4.90 Å². The maximum atomic E-state index is 12.8. The maximum absolute atomic E-state index is 12.8. The summed E-state index contributed by atoms with van der Waals surface area (Å²) in [6, 6.07) is 7.29. The van der Waals surface area contributed by atoms with E-state index in [4.69, 9.17) is 0 Å². The summed E-state index contributed by atoms with van der Waals surface area (Å²) in [6.45, 7) is 3.86. The van der Waals surface area contributed by atoms with Gasteiger partial charge in [-0.25, -0.2) is 4.79 Å². The molecule has 1 amide bonds. The zero-order valence-corrected chi connectivity index (χ0v) is 15.1. The van der Waals surface area contributed by atoms with Gasteiger partial charge in [0.15, 0.2) is 0 Å². The lowest BCUT2D eigenvalue weighted by atomic mass is 9.79. The molecule has 4 nitrogen and oxygen atoms in total. The van der Waals surface area contributed by atoms with E-state index in [9.17, 15) is 14.7 Å². The molecule has 1 aromatic carbocycles. The summed E-state index contributed by atoms with van der Waals surface area (Å²) in [6.07, 6.45) is 7.41. The highest BCUT2D eigenvalue weighted by Gasteiger charge is 2.33. The minimum atomic E-state index is -0.852. The van der Waals surface area contributed by atoms with E-state index in [0.717, 1.165) is 44.3 Å². The number of benzene rings is 1. The van der Waals surface area contributed by atoms with Crippen molar-refractivity contribution < 1.29 is 14.7 Å². The summed E-state index contributed by atoms with van der Waals surface area (Å²) in [7, 11) is 0. The van der Waals surface area contributed by atoms with E-state index in [1.165, 1.54) is 19.3 Å². The Bertz CT molecular complexity index is 619. The van der Waals surface area contributed by atoms with Crippen molar-refractivity contribution in [3.05, 3.63) is 35.4 Å². The molecule has 1 aliphatic carbocycles. The summed E-state index contributed by atoms with van der Waals surface area (Å²) in [4.78, 5) is 26.2. The van der Waals surface area contributed by atoms with Crippen LogP contribution in [-0.4, -0.2) is 35.0 Å². The molecule has 0 aromatic heterocycles. The Balaban J connectivity index is 1.55. The predicted octanol–water partition coefficient (Wildman–Crippen LogP) is 3.99. The number of carbonyl (C=O) groups is 2. The van der Waals surface area contributed by atoms with E-state index in [0.29, 0.717) is 23.3 Å².